The molecule has 0 saturated heterocycles. The van der Waals surface area contributed by atoms with Gasteiger partial charge in [0.05, 0.1) is 7.11 Å². The van der Waals surface area contributed by atoms with Gasteiger partial charge in [-0.2, -0.15) is 0 Å². The molecule has 140 valence electrons. The third kappa shape index (κ3) is 3.32. The fourth-order valence-electron chi connectivity index (χ4n) is 3.03. The van der Waals surface area contributed by atoms with Gasteiger partial charge in [-0.15, -0.1) is 0 Å². The van der Waals surface area contributed by atoms with Crippen LogP contribution in [0.15, 0.2) is 66.9 Å². The van der Waals surface area contributed by atoms with Gasteiger partial charge < -0.3 is 10.1 Å². The smallest absolute Gasteiger partial charge is 0.256 e. The van der Waals surface area contributed by atoms with Crippen LogP contribution in [-0.4, -0.2) is 22.4 Å². The Kier molecular flexibility index (Phi) is 4.53. The number of carbonyl (C=O) groups is 1. The number of rotatable bonds is 4. The summed E-state index contributed by atoms with van der Waals surface area (Å²) in [4.78, 5) is 17.4. The monoisotopic (exact) mass is 375 g/mol. The lowest BCUT2D eigenvalue weighted by molar-refractivity contribution is 0.102. The van der Waals surface area contributed by atoms with Gasteiger partial charge in [0.15, 0.2) is 0 Å². The minimum Gasteiger partial charge on any atom is -0.497 e. The number of methoxy groups -OCH3 is 1. The van der Waals surface area contributed by atoms with Crippen molar-refractivity contribution in [3.8, 4) is 17.0 Å². The molecule has 4 rings (SSSR count). The number of imidazole rings is 1. The number of halogens is 1. The minimum absolute atomic E-state index is 0.239. The number of pyridine rings is 1. The predicted molar refractivity (Wildman–Crippen MR) is 106 cm³/mol. The molecular weight excluding hydrogens is 357 g/mol. The number of hydrogen-bond acceptors (Lipinski definition) is 3. The van der Waals surface area contributed by atoms with Crippen LogP contribution in [0.25, 0.3) is 16.9 Å². The molecule has 0 fully saturated rings. The molecule has 28 heavy (non-hydrogen) atoms. The number of ether oxygens (including phenoxy) is 1. The van der Waals surface area contributed by atoms with Gasteiger partial charge in [-0.3, -0.25) is 9.20 Å². The van der Waals surface area contributed by atoms with Gasteiger partial charge in [0.25, 0.3) is 5.91 Å². The summed E-state index contributed by atoms with van der Waals surface area (Å²) in [5, 5.41) is 2.89. The maximum atomic E-state index is 13.5. The molecule has 0 unspecified atom stereocenters. The molecule has 0 aliphatic rings. The molecule has 4 aromatic rings. The number of nitrogens with zero attached hydrogens (tertiary/aromatic N) is 2. The van der Waals surface area contributed by atoms with E-state index in [0.29, 0.717) is 17.2 Å². The van der Waals surface area contributed by atoms with Gasteiger partial charge >= 0.3 is 0 Å². The van der Waals surface area contributed by atoms with Gasteiger partial charge in [0.2, 0.25) is 0 Å². The summed E-state index contributed by atoms with van der Waals surface area (Å²) in [5.41, 5.74) is 3.46. The number of hydrogen-bond donors (Lipinski definition) is 1. The highest BCUT2D eigenvalue weighted by Crippen LogP contribution is 2.30. The van der Waals surface area contributed by atoms with Crippen molar-refractivity contribution in [2.24, 2.45) is 0 Å². The van der Waals surface area contributed by atoms with E-state index in [0.717, 1.165) is 16.9 Å². The fraction of sp³-hybridized carbons (Fsp3) is 0.0909. The summed E-state index contributed by atoms with van der Waals surface area (Å²) >= 11 is 0. The van der Waals surface area contributed by atoms with Gasteiger partial charge in [0.1, 0.15) is 28.7 Å². The van der Waals surface area contributed by atoms with Gasteiger partial charge in [-0.25, -0.2) is 9.37 Å². The second-order valence-electron chi connectivity index (χ2n) is 6.43. The van der Waals surface area contributed by atoms with E-state index in [1.54, 1.807) is 13.2 Å². The van der Waals surface area contributed by atoms with Gasteiger partial charge in [-0.1, -0.05) is 6.07 Å². The average molecular weight is 375 g/mol. The maximum absolute atomic E-state index is 13.5. The maximum Gasteiger partial charge on any atom is 0.256 e. The summed E-state index contributed by atoms with van der Waals surface area (Å²) in [7, 11) is 1.60. The van der Waals surface area contributed by atoms with Gasteiger partial charge in [0, 0.05) is 17.3 Å². The van der Waals surface area contributed by atoms with E-state index < -0.39 is 11.7 Å². The van der Waals surface area contributed by atoms with Crippen molar-refractivity contribution < 1.29 is 13.9 Å². The van der Waals surface area contributed by atoms with Crippen LogP contribution >= 0.6 is 0 Å². The predicted octanol–water partition coefficient (Wildman–Crippen LogP) is 4.71. The van der Waals surface area contributed by atoms with Crippen LogP contribution in [0.4, 0.5) is 10.2 Å². The zero-order valence-electron chi connectivity index (χ0n) is 15.4. The number of nitrogens with one attached hydrogen (secondary N) is 1. The average Bonchev–Trinajstić information content (AvgIpc) is 3.05. The third-order valence-corrected chi connectivity index (χ3v) is 4.46. The van der Waals surface area contributed by atoms with Crippen molar-refractivity contribution in [1.29, 1.82) is 0 Å². The van der Waals surface area contributed by atoms with Crippen LogP contribution in [0.2, 0.25) is 0 Å². The molecule has 2 heterocycles. The van der Waals surface area contributed by atoms with Crippen molar-refractivity contribution in [2.75, 3.05) is 12.4 Å². The molecule has 0 saturated carbocycles. The van der Waals surface area contributed by atoms with E-state index in [2.05, 4.69) is 5.32 Å². The molecule has 0 bridgehead atoms. The summed E-state index contributed by atoms with van der Waals surface area (Å²) in [5.74, 6) is 0.386. The Morgan fingerprint density at radius 3 is 2.61 bits per heavy atom. The standard InChI is InChI=1S/C22H18FN3O2/c1-14-10-11-26-19(12-14)24-20(15-6-8-18(28-2)9-7-15)21(26)25-22(27)16-4-3-5-17(23)13-16/h3-13H,1-2H3,(H,25,27). The van der Waals surface area contributed by atoms with E-state index in [1.807, 2.05) is 53.9 Å². The largest absolute Gasteiger partial charge is 0.497 e. The van der Waals surface area contributed by atoms with Crippen LogP contribution in [0.1, 0.15) is 15.9 Å². The molecule has 5 nitrogen and oxygen atoms in total. The summed E-state index contributed by atoms with van der Waals surface area (Å²) < 4.78 is 20.5. The Labute approximate surface area is 161 Å². The van der Waals surface area contributed by atoms with Crippen molar-refractivity contribution >= 4 is 17.4 Å². The van der Waals surface area contributed by atoms with Crippen LogP contribution < -0.4 is 10.1 Å². The Morgan fingerprint density at radius 2 is 1.89 bits per heavy atom. The molecule has 1 N–H and O–H groups in total. The number of benzene rings is 2. The molecule has 0 spiro atoms. The first-order valence-corrected chi connectivity index (χ1v) is 8.75. The molecule has 6 heteroatoms. The molecule has 2 aromatic heterocycles. The lowest BCUT2D eigenvalue weighted by Crippen LogP contribution is -2.14. The van der Waals surface area contributed by atoms with Crippen LogP contribution in [0.5, 0.6) is 5.75 Å². The zero-order valence-corrected chi connectivity index (χ0v) is 15.4. The first kappa shape index (κ1) is 17.7. The Bertz CT molecular complexity index is 1170. The van der Waals surface area contributed by atoms with E-state index >= 15 is 0 Å². The molecule has 0 radical (unpaired) electrons. The number of carbonyl (C=O) groups excluding carboxylic acids is 1. The molecule has 0 aliphatic carbocycles. The quantitative estimate of drug-likeness (QED) is 0.562. The molecule has 2 aromatic carbocycles. The zero-order chi connectivity index (χ0) is 19.7. The van der Waals surface area contributed by atoms with Crippen molar-refractivity contribution in [3.05, 3.63) is 83.8 Å². The van der Waals surface area contributed by atoms with Crippen molar-refractivity contribution in [1.82, 2.24) is 9.38 Å². The minimum atomic E-state index is -0.461. The molecule has 0 aliphatic heterocycles. The highest BCUT2D eigenvalue weighted by Gasteiger charge is 2.18. The third-order valence-electron chi connectivity index (χ3n) is 4.46. The Balaban J connectivity index is 1.81. The number of fused-ring (bicyclic) bond motifs is 1. The first-order chi connectivity index (χ1) is 13.5. The molecular formula is C22H18FN3O2. The topological polar surface area (TPSA) is 55.6 Å². The number of aromatic nitrogens is 2. The van der Waals surface area contributed by atoms with Crippen LogP contribution in [-0.2, 0) is 0 Å². The lowest BCUT2D eigenvalue weighted by atomic mass is 10.1. The van der Waals surface area contributed by atoms with Crippen LogP contribution in [0, 0.1) is 12.7 Å². The second kappa shape index (κ2) is 7.15. The van der Waals surface area contributed by atoms with E-state index in [9.17, 15) is 9.18 Å². The van der Waals surface area contributed by atoms with E-state index in [-0.39, 0.29) is 5.56 Å². The van der Waals surface area contributed by atoms with E-state index in [1.165, 1.54) is 18.2 Å². The fourth-order valence-corrected chi connectivity index (χ4v) is 3.03. The first-order valence-electron chi connectivity index (χ1n) is 8.75. The number of anilines is 1. The SMILES string of the molecule is COc1ccc(-c2nc3cc(C)ccn3c2NC(=O)c2cccc(F)c2)cc1. The summed E-state index contributed by atoms with van der Waals surface area (Å²) in [6, 6.07) is 16.9. The normalized spacial score (nSPS) is 10.8. The van der Waals surface area contributed by atoms with Crippen molar-refractivity contribution in [3.63, 3.8) is 0 Å². The highest BCUT2D eigenvalue weighted by atomic mass is 19.1. The van der Waals surface area contributed by atoms with Crippen molar-refractivity contribution in [2.45, 2.75) is 6.92 Å². The summed E-state index contributed by atoms with van der Waals surface area (Å²) in [6.45, 7) is 1.98. The summed E-state index contributed by atoms with van der Waals surface area (Å²) in [6.07, 6.45) is 1.85. The lowest BCUT2D eigenvalue weighted by Gasteiger charge is -2.09. The second-order valence-corrected chi connectivity index (χ2v) is 6.43. The van der Waals surface area contributed by atoms with Gasteiger partial charge in [-0.05, 0) is 67.1 Å². The van der Waals surface area contributed by atoms with Crippen LogP contribution in [0.3, 0.4) is 0 Å². The number of amides is 1. The number of aryl methyl sites for hydroxylation is 1. The molecule has 1 amide bonds. The Hall–Kier alpha value is -3.67. The molecule has 0 atom stereocenters. The highest BCUT2D eigenvalue weighted by molar-refractivity contribution is 6.05. The Morgan fingerprint density at radius 1 is 1.11 bits per heavy atom. The van der Waals surface area contributed by atoms with E-state index in [4.69, 9.17) is 9.72 Å².